The first-order valence-electron chi connectivity index (χ1n) is 7.87. The smallest absolute Gasteiger partial charge is 0.336 e. The Hall–Kier alpha value is -3.06. The van der Waals surface area contributed by atoms with Crippen molar-refractivity contribution in [2.75, 3.05) is 5.32 Å². The molecule has 0 aliphatic carbocycles. The molecule has 1 amide bonds. The van der Waals surface area contributed by atoms with Gasteiger partial charge >= 0.3 is 5.63 Å². The zero-order valence-corrected chi connectivity index (χ0v) is 14.5. The van der Waals surface area contributed by atoms with Crippen molar-refractivity contribution >= 4 is 43.6 Å². The van der Waals surface area contributed by atoms with Crippen molar-refractivity contribution in [2.45, 2.75) is 13.3 Å². The van der Waals surface area contributed by atoms with Crippen molar-refractivity contribution in [2.24, 2.45) is 0 Å². The molecule has 0 saturated heterocycles. The van der Waals surface area contributed by atoms with Gasteiger partial charge in [0.25, 0.3) is 0 Å². The second kappa shape index (κ2) is 6.34. The van der Waals surface area contributed by atoms with Crippen molar-refractivity contribution in [1.29, 1.82) is 0 Å². The first-order valence-corrected chi connectivity index (χ1v) is 8.69. The van der Waals surface area contributed by atoms with Crippen LogP contribution in [0.5, 0.6) is 0 Å². The average Bonchev–Trinajstić information content (AvgIpc) is 2.96. The highest BCUT2D eigenvalue weighted by molar-refractivity contribution is 7.22. The number of carbonyl (C=O) groups is 1. The van der Waals surface area contributed by atoms with Crippen molar-refractivity contribution in [3.63, 3.8) is 0 Å². The Balaban J connectivity index is 1.62. The van der Waals surface area contributed by atoms with Crippen molar-refractivity contribution in [1.82, 2.24) is 4.98 Å². The normalized spacial score (nSPS) is 11.2. The van der Waals surface area contributed by atoms with Crippen molar-refractivity contribution < 1.29 is 13.6 Å². The lowest BCUT2D eigenvalue weighted by Crippen LogP contribution is -2.15. The van der Waals surface area contributed by atoms with Gasteiger partial charge < -0.3 is 9.73 Å². The molecule has 4 aromatic rings. The molecule has 7 heteroatoms. The van der Waals surface area contributed by atoms with Gasteiger partial charge in [0.15, 0.2) is 5.13 Å². The van der Waals surface area contributed by atoms with Crippen LogP contribution >= 0.6 is 11.3 Å². The third-order valence-corrected chi connectivity index (χ3v) is 4.87. The molecular weight excluding hydrogens is 355 g/mol. The largest absolute Gasteiger partial charge is 0.423 e. The quantitative estimate of drug-likeness (QED) is 0.554. The van der Waals surface area contributed by atoms with E-state index in [1.54, 1.807) is 12.1 Å². The summed E-state index contributed by atoms with van der Waals surface area (Å²) in [4.78, 5) is 28.4. The predicted octanol–water partition coefficient (Wildman–Crippen LogP) is 4.03. The number of fused-ring (bicyclic) bond motifs is 2. The summed E-state index contributed by atoms with van der Waals surface area (Å²) in [7, 11) is 0. The number of hydrogen-bond donors (Lipinski definition) is 1. The fraction of sp³-hybridized carbons (Fsp3) is 0.105. The summed E-state index contributed by atoms with van der Waals surface area (Å²) in [6.07, 6.45) is 0.00976. The van der Waals surface area contributed by atoms with Crippen LogP contribution in [0.15, 0.2) is 51.7 Å². The topological polar surface area (TPSA) is 72.2 Å². The molecule has 2 aromatic heterocycles. The van der Waals surface area contributed by atoms with E-state index in [2.05, 4.69) is 10.3 Å². The second-order valence-electron chi connectivity index (χ2n) is 5.95. The maximum atomic E-state index is 13.3. The number of halogens is 1. The highest BCUT2D eigenvalue weighted by atomic mass is 32.1. The van der Waals surface area contributed by atoms with Gasteiger partial charge in [-0.15, -0.1) is 0 Å². The van der Waals surface area contributed by atoms with Gasteiger partial charge in [-0.05, 0) is 42.8 Å². The van der Waals surface area contributed by atoms with E-state index in [0.29, 0.717) is 26.5 Å². The first kappa shape index (κ1) is 16.4. The number of amides is 1. The maximum Gasteiger partial charge on any atom is 0.336 e. The van der Waals surface area contributed by atoms with Crippen LogP contribution in [-0.4, -0.2) is 10.9 Å². The Morgan fingerprint density at radius 1 is 1.23 bits per heavy atom. The van der Waals surface area contributed by atoms with E-state index in [4.69, 9.17) is 4.42 Å². The summed E-state index contributed by atoms with van der Waals surface area (Å²) in [5, 5.41) is 3.83. The third kappa shape index (κ3) is 3.21. The summed E-state index contributed by atoms with van der Waals surface area (Å²) in [6.45, 7) is 1.93. The van der Waals surface area contributed by atoms with Gasteiger partial charge in [0, 0.05) is 11.5 Å². The molecule has 0 unspecified atom stereocenters. The number of benzene rings is 2. The Labute approximate surface area is 151 Å². The Bertz CT molecular complexity index is 1210. The van der Waals surface area contributed by atoms with E-state index in [9.17, 15) is 14.0 Å². The minimum absolute atomic E-state index is 0.00976. The van der Waals surface area contributed by atoms with Crippen LogP contribution in [0, 0.1) is 12.7 Å². The van der Waals surface area contributed by atoms with Crippen LogP contribution in [0.1, 0.15) is 11.1 Å². The molecule has 5 nitrogen and oxygen atoms in total. The Morgan fingerprint density at radius 3 is 2.92 bits per heavy atom. The standard InChI is InChI=1S/C19H13FN2O3S/c1-10-2-5-15-13(6-10)11(8-18(24)25-15)7-17(23)22-19-21-14-4-3-12(20)9-16(14)26-19/h2-6,8-9H,7H2,1H3,(H,21,22,23). The molecule has 0 bridgehead atoms. The molecule has 2 heterocycles. The number of anilines is 1. The maximum absolute atomic E-state index is 13.3. The van der Waals surface area contributed by atoms with Gasteiger partial charge in [0.2, 0.25) is 5.91 Å². The van der Waals surface area contributed by atoms with Gasteiger partial charge in [-0.3, -0.25) is 4.79 Å². The molecule has 0 fully saturated rings. The van der Waals surface area contributed by atoms with Gasteiger partial charge in [0.1, 0.15) is 11.4 Å². The molecule has 4 rings (SSSR count). The van der Waals surface area contributed by atoms with Crippen LogP contribution in [0.4, 0.5) is 9.52 Å². The average molecular weight is 368 g/mol. The molecule has 0 aliphatic heterocycles. The highest BCUT2D eigenvalue weighted by Gasteiger charge is 2.13. The predicted molar refractivity (Wildman–Crippen MR) is 99.1 cm³/mol. The second-order valence-corrected chi connectivity index (χ2v) is 6.98. The minimum atomic E-state index is -0.500. The summed E-state index contributed by atoms with van der Waals surface area (Å²) in [6, 6.07) is 11.0. The molecule has 1 N–H and O–H groups in total. The lowest BCUT2D eigenvalue weighted by atomic mass is 10.0. The molecule has 0 atom stereocenters. The number of thiazole rings is 1. The van der Waals surface area contributed by atoms with E-state index >= 15 is 0 Å². The summed E-state index contributed by atoms with van der Waals surface area (Å²) < 4.78 is 19.1. The van der Waals surface area contributed by atoms with E-state index in [1.807, 2.05) is 19.1 Å². The van der Waals surface area contributed by atoms with Gasteiger partial charge in [-0.25, -0.2) is 14.2 Å². The summed E-state index contributed by atoms with van der Waals surface area (Å²) in [5.41, 5.74) is 2.15. The summed E-state index contributed by atoms with van der Waals surface area (Å²) >= 11 is 1.20. The molecule has 0 aliphatic rings. The molecule has 2 aromatic carbocycles. The van der Waals surface area contributed by atoms with Crippen LogP contribution in [0.25, 0.3) is 21.2 Å². The number of aryl methyl sites for hydroxylation is 1. The molecule has 0 spiro atoms. The Morgan fingerprint density at radius 2 is 2.08 bits per heavy atom. The van der Waals surface area contributed by atoms with Crippen LogP contribution in [0.3, 0.4) is 0 Å². The van der Waals surface area contributed by atoms with Gasteiger partial charge in [0.05, 0.1) is 16.6 Å². The first-order chi connectivity index (χ1) is 12.5. The van der Waals surface area contributed by atoms with Crippen LogP contribution < -0.4 is 10.9 Å². The lowest BCUT2D eigenvalue weighted by Gasteiger charge is -2.06. The van der Waals surface area contributed by atoms with Crippen molar-refractivity contribution in [3.05, 3.63) is 69.8 Å². The number of hydrogen-bond acceptors (Lipinski definition) is 5. The summed E-state index contributed by atoms with van der Waals surface area (Å²) in [5.74, 6) is -0.658. The SMILES string of the molecule is Cc1ccc2oc(=O)cc(CC(=O)Nc3nc4ccc(F)cc4s3)c2c1. The van der Waals surface area contributed by atoms with Crippen molar-refractivity contribution in [3.8, 4) is 0 Å². The number of aromatic nitrogens is 1. The van der Waals surface area contributed by atoms with Crippen LogP contribution in [-0.2, 0) is 11.2 Å². The highest BCUT2D eigenvalue weighted by Crippen LogP contribution is 2.27. The lowest BCUT2D eigenvalue weighted by molar-refractivity contribution is -0.115. The number of nitrogens with zero attached hydrogens (tertiary/aromatic N) is 1. The van der Waals surface area contributed by atoms with E-state index in [-0.39, 0.29) is 18.1 Å². The van der Waals surface area contributed by atoms with Crippen LogP contribution in [0.2, 0.25) is 0 Å². The third-order valence-electron chi connectivity index (χ3n) is 3.93. The van der Waals surface area contributed by atoms with E-state index < -0.39 is 5.63 Å². The molecule has 26 heavy (non-hydrogen) atoms. The fourth-order valence-electron chi connectivity index (χ4n) is 2.78. The Kier molecular flexibility index (Phi) is 4.00. The fourth-order valence-corrected chi connectivity index (χ4v) is 3.68. The number of rotatable bonds is 3. The molecule has 130 valence electrons. The van der Waals surface area contributed by atoms with Gasteiger partial charge in [-0.1, -0.05) is 23.0 Å². The minimum Gasteiger partial charge on any atom is -0.423 e. The molecular formula is C19H13FN2O3S. The number of carbonyl (C=O) groups excluding carboxylic acids is 1. The molecule has 0 radical (unpaired) electrons. The van der Waals surface area contributed by atoms with E-state index in [0.717, 1.165) is 10.9 Å². The van der Waals surface area contributed by atoms with Gasteiger partial charge in [-0.2, -0.15) is 0 Å². The van der Waals surface area contributed by atoms with E-state index in [1.165, 1.54) is 29.5 Å². The monoisotopic (exact) mass is 368 g/mol. The molecule has 0 saturated carbocycles. The zero-order valence-electron chi connectivity index (χ0n) is 13.7. The zero-order chi connectivity index (χ0) is 18.3. The number of nitrogens with one attached hydrogen (secondary N) is 1.